The number of amides is 2. The SMILES string of the molecule is CC(=O)NC(CC(=O)NCc1cccnc1OCC(F)(F)F)c1ccc(Br)cc1. The molecule has 156 valence electrons. The predicted octanol–water partition coefficient (Wildman–Crippen LogP) is 3.67. The normalized spacial score (nSPS) is 12.2. The van der Waals surface area contributed by atoms with Crippen LogP contribution in [0.15, 0.2) is 47.1 Å². The van der Waals surface area contributed by atoms with E-state index in [4.69, 9.17) is 4.74 Å². The highest BCUT2D eigenvalue weighted by Crippen LogP contribution is 2.21. The summed E-state index contributed by atoms with van der Waals surface area (Å²) in [6, 6.07) is 9.65. The zero-order valence-corrected chi connectivity index (χ0v) is 17.0. The van der Waals surface area contributed by atoms with Crippen molar-refractivity contribution in [2.75, 3.05) is 6.61 Å². The number of aromatic nitrogens is 1. The number of hydrogen-bond acceptors (Lipinski definition) is 4. The standard InChI is InChI=1S/C19H19BrF3N3O3/c1-12(27)26-16(13-4-6-15(20)7-5-13)9-17(28)25-10-14-3-2-8-24-18(14)29-11-19(21,22)23/h2-8,16H,9-11H2,1H3,(H,25,28)(H,26,27). The van der Waals surface area contributed by atoms with Gasteiger partial charge in [-0.25, -0.2) is 4.98 Å². The number of carbonyl (C=O) groups is 2. The van der Waals surface area contributed by atoms with Crippen molar-refractivity contribution in [3.63, 3.8) is 0 Å². The Labute approximate surface area is 174 Å². The van der Waals surface area contributed by atoms with Crippen LogP contribution in [0.4, 0.5) is 13.2 Å². The number of ether oxygens (including phenoxy) is 1. The zero-order chi connectivity index (χ0) is 21.4. The first-order chi connectivity index (χ1) is 13.6. The minimum Gasteiger partial charge on any atom is -0.468 e. The molecule has 0 saturated carbocycles. The lowest BCUT2D eigenvalue weighted by atomic mass is 10.0. The second-order valence-electron chi connectivity index (χ2n) is 6.16. The number of nitrogens with one attached hydrogen (secondary N) is 2. The molecule has 0 saturated heterocycles. The minimum atomic E-state index is -4.49. The maximum atomic E-state index is 12.4. The van der Waals surface area contributed by atoms with Gasteiger partial charge in [-0.1, -0.05) is 34.1 Å². The van der Waals surface area contributed by atoms with Gasteiger partial charge in [-0.2, -0.15) is 13.2 Å². The van der Waals surface area contributed by atoms with Gasteiger partial charge in [0.1, 0.15) is 0 Å². The monoisotopic (exact) mass is 473 g/mol. The number of hydrogen-bond donors (Lipinski definition) is 2. The molecular weight excluding hydrogens is 455 g/mol. The van der Waals surface area contributed by atoms with Gasteiger partial charge in [0.15, 0.2) is 6.61 Å². The molecule has 0 bridgehead atoms. The molecule has 1 unspecified atom stereocenters. The number of pyridine rings is 1. The summed E-state index contributed by atoms with van der Waals surface area (Å²) in [5.41, 5.74) is 1.05. The van der Waals surface area contributed by atoms with Crippen LogP contribution in [0.25, 0.3) is 0 Å². The van der Waals surface area contributed by atoms with E-state index in [2.05, 4.69) is 31.5 Å². The molecule has 1 aromatic carbocycles. The molecule has 29 heavy (non-hydrogen) atoms. The molecule has 2 amide bonds. The lowest BCUT2D eigenvalue weighted by molar-refractivity contribution is -0.154. The molecule has 1 aromatic heterocycles. The molecule has 0 radical (unpaired) electrons. The molecule has 0 aliphatic carbocycles. The molecule has 0 aliphatic rings. The fraction of sp³-hybridized carbons (Fsp3) is 0.316. The fourth-order valence-electron chi connectivity index (χ4n) is 2.48. The van der Waals surface area contributed by atoms with Gasteiger partial charge >= 0.3 is 6.18 Å². The quantitative estimate of drug-likeness (QED) is 0.612. The van der Waals surface area contributed by atoms with E-state index in [0.717, 1.165) is 10.0 Å². The summed E-state index contributed by atoms with van der Waals surface area (Å²) in [4.78, 5) is 27.6. The minimum absolute atomic E-state index is 0.0415. The van der Waals surface area contributed by atoms with Gasteiger partial charge in [-0.05, 0) is 23.8 Å². The maximum absolute atomic E-state index is 12.4. The van der Waals surface area contributed by atoms with Gasteiger partial charge in [0, 0.05) is 29.7 Å². The lowest BCUT2D eigenvalue weighted by Crippen LogP contribution is -2.32. The van der Waals surface area contributed by atoms with E-state index >= 15 is 0 Å². The van der Waals surface area contributed by atoms with Crippen LogP contribution in [0.5, 0.6) is 5.88 Å². The Kier molecular flexibility index (Phi) is 8.00. The fourth-order valence-corrected chi connectivity index (χ4v) is 2.75. The van der Waals surface area contributed by atoms with Crippen LogP contribution in [0.1, 0.15) is 30.5 Å². The van der Waals surface area contributed by atoms with E-state index in [1.54, 1.807) is 24.3 Å². The highest BCUT2D eigenvalue weighted by atomic mass is 79.9. The van der Waals surface area contributed by atoms with E-state index < -0.39 is 24.7 Å². The highest BCUT2D eigenvalue weighted by Gasteiger charge is 2.29. The van der Waals surface area contributed by atoms with Crippen LogP contribution < -0.4 is 15.4 Å². The predicted molar refractivity (Wildman–Crippen MR) is 103 cm³/mol. The first-order valence-electron chi connectivity index (χ1n) is 8.57. The summed E-state index contributed by atoms with van der Waals surface area (Å²) < 4.78 is 42.6. The number of alkyl halides is 3. The third-order valence-corrected chi connectivity index (χ3v) is 4.27. The van der Waals surface area contributed by atoms with Crippen LogP contribution in [-0.2, 0) is 16.1 Å². The first-order valence-corrected chi connectivity index (χ1v) is 9.36. The number of rotatable bonds is 8. The van der Waals surface area contributed by atoms with Crippen molar-refractivity contribution in [1.29, 1.82) is 0 Å². The van der Waals surface area contributed by atoms with Gasteiger partial charge in [0.25, 0.3) is 0 Å². The van der Waals surface area contributed by atoms with Gasteiger partial charge in [-0.3, -0.25) is 9.59 Å². The topological polar surface area (TPSA) is 80.3 Å². The van der Waals surface area contributed by atoms with Crippen molar-refractivity contribution in [3.05, 3.63) is 58.2 Å². The van der Waals surface area contributed by atoms with Crippen molar-refractivity contribution in [1.82, 2.24) is 15.6 Å². The molecular formula is C19H19BrF3N3O3. The average molecular weight is 474 g/mol. The van der Waals surface area contributed by atoms with Crippen LogP contribution in [-0.4, -0.2) is 29.6 Å². The molecule has 2 N–H and O–H groups in total. The molecule has 2 rings (SSSR count). The van der Waals surface area contributed by atoms with E-state index in [1.807, 2.05) is 0 Å². The molecule has 0 aliphatic heterocycles. The molecule has 6 nitrogen and oxygen atoms in total. The van der Waals surface area contributed by atoms with Crippen molar-refractivity contribution in [3.8, 4) is 5.88 Å². The Hall–Kier alpha value is -2.62. The number of carbonyl (C=O) groups excluding carboxylic acids is 2. The summed E-state index contributed by atoms with van der Waals surface area (Å²) in [6.07, 6.45) is -3.23. The van der Waals surface area contributed by atoms with Crippen molar-refractivity contribution in [2.45, 2.75) is 32.1 Å². The van der Waals surface area contributed by atoms with Crippen LogP contribution in [0, 0.1) is 0 Å². The molecule has 2 aromatic rings. The molecule has 0 fully saturated rings. The summed E-state index contributed by atoms with van der Waals surface area (Å²) in [5.74, 6) is -0.880. The molecule has 10 heteroatoms. The molecule has 1 heterocycles. The van der Waals surface area contributed by atoms with Gasteiger partial charge in [-0.15, -0.1) is 0 Å². The molecule has 0 spiro atoms. The van der Waals surface area contributed by atoms with Crippen LogP contribution >= 0.6 is 15.9 Å². The third-order valence-electron chi connectivity index (χ3n) is 3.74. The number of halogens is 4. The molecule has 1 atom stereocenters. The van der Waals surface area contributed by atoms with Crippen molar-refractivity contribution in [2.24, 2.45) is 0 Å². The van der Waals surface area contributed by atoms with Crippen LogP contribution in [0.3, 0.4) is 0 Å². The van der Waals surface area contributed by atoms with Crippen LogP contribution in [0.2, 0.25) is 0 Å². The highest BCUT2D eigenvalue weighted by molar-refractivity contribution is 9.10. The lowest BCUT2D eigenvalue weighted by Gasteiger charge is -2.18. The smallest absolute Gasteiger partial charge is 0.422 e. The second-order valence-corrected chi connectivity index (χ2v) is 7.07. The number of benzene rings is 1. The Morgan fingerprint density at radius 2 is 1.90 bits per heavy atom. The summed E-state index contributed by atoms with van der Waals surface area (Å²) in [6.45, 7) is -0.185. The van der Waals surface area contributed by atoms with E-state index in [1.165, 1.54) is 25.3 Å². The van der Waals surface area contributed by atoms with E-state index in [9.17, 15) is 22.8 Å². The maximum Gasteiger partial charge on any atom is 0.422 e. The van der Waals surface area contributed by atoms with Gasteiger partial charge in [0.05, 0.1) is 12.5 Å². The Bertz CT molecular complexity index is 845. The van der Waals surface area contributed by atoms with Crippen molar-refractivity contribution >= 4 is 27.7 Å². The second kappa shape index (κ2) is 10.2. The summed E-state index contributed by atoms with van der Waals surface area (Å²) in [5, 5.41) is 5.34. The zero-order valence-electron chi connectivity index (χ0n) is 15.4. The summed E-state index contributed by atoms with van der Waals surface area (Å²) >= 11 is 3.32. The van der Waals surface area contributed by atoms with Crippen molar-refractivity contribution < 1.29 is 27.5 Å². The van der Waals surface area contributed by atoms with E-state index in [0.29, 0.717) is 5.56 Å². The Balaban J connectivity index is 2.00. The largest absolute Gasteiger partial charge is 0.468 e. The van der Waals surface area contributed by atoms with Gasteiger partial charge in [0.2, 0.25) is 17.7 Å². The average Bonchev–Trinajstić information content (AvgIpc) is 2.64. The number of nitrogens with zero attached hydrogens (tertiary/aromatic N) is 1. The Morgan fingerprint density at radius 1 is 1.21 bits per heavy atom. The third kappa shape index (κ3) is 8.10. The van der Waals surface area contributed by atoms with Gasteiger partial charge < -0.3 is 15.4 Å². The van der Waals surface area contributed by atoms with E-state index in [-0.39, 0.29) is 24.8 Å². The summed E-state index contributed by atoms with van der Waals surface area (Å²) in [7, 11) is 0. The first kappa shape index (κ1) is 22.7. The Morgan fingerprint density at radius 3 is 2.52 bits per heavy atom.